The topological polar surface area (TPSA) is 84.0 Å². The Kier molecular flexibility index (Phi) is 4.28. The lowest BCUT2D eigenvalue weighted by Gasteiger charge is -1.97. The second-order valence-corrected chi connectivity index (χ2v) is 5.90. The molecule has 0 aromatic rings. The Morgan fingerprint density at radius 3 is 2.38 bits per heavy atom. The van der Waals surface area contributed by atoms with Gasteiger partial charge in [0, 0.05) is 4.91 Å². The predicted molar refractivity (Wildman–Crippen MR) is 50.9 cm³/mol. The van der Waals surface area contributed by atoms with E-state index in [1.165, 1.54) is 0 Å². The van der Waals surface area contributed by atoms with E-state index in [9.17, 15) is 8.42 Å². The van der Waals surface area contributed by atoms with E-state index < -0.39 is 9.84 Å². The van der Waals surface area contributed by atoms with Gasteiger partial charge in [-0.05, 0) is 12.5 Å². The molecule has 13 heavy (non-hydrogen) atoms. The average Bonchev–Trinajstić information content (AvgIpc) is 2.03. The second-order valence-electron chi connectivity index (χ2n) is 2.70. The first-order chi connectivity index (χ1) is 5.41. The van der Waals surface area contributed by atoms with Crippen LogP contribution in [0.4, 0.5) is 0 Å². The normalized spacial score (nSPS) is 19.8. The average molecular weight is 242 g/mol. The summed E-state index contributed by atoms with van der Waals surface area (Å²) < 4.78 is 22.1. The predicted octanol–water partition coefficient (Wildman–Crippen LogP) is -2.68. The first-order valence-electron chi connectivity index (χ1n) is 3.31. The highest BCUT2D eigenvalue weighted by Gasteiger charge is 2.25. The standard InChI is InChI=1S/C6H10N2O2S2.ClH/c1-4-2-12(9,10)3-5(4)11-6(7)8;/h2-3H2,1H3,(H3,7,8);1H/p-1. The Bertz CT molecular complexity index is 348. The summed E-state index contributed by atoms with van der Waals surface area (Å²) in [5, 5.41) is 6.94. The van der Waals surface area contributed by atoms with Crippen molar-refractivity contribution in [3.05, 3.63) is 10.5 Å². The number of hydrogen-bond acceptors (Lipinski definition) is 4. The van der Waals surface area contributed by atoms with Crippen LogP contribution >= 0.6 is 11.8 Å². The molecule has 1 aliphatic rings. The van der Waals surface area contributed by atoms with Crippen molar-refractivity contribution < 1.29 is 20.8 Å². The molecule has 4 nitrogen and oxygen atoms in total. The molecule has 1 aliphatic heterocycles. The SMILES string of the molecule is CC1=C(SC(=N)N)CS(=O)(=O)C1.[Cl-]. The lowest BCUT2D eigenvalue weighted by Crippen LogP contribution is -3.00. The quantitative estimate of drug-likeness (QED) is 0.387. The molecule has 0 aromatic carbocycles. The van der Waals surface area contributed by atoms with Gasteiger partial charge in [-0.25, -0.2) is 8.42 Å². The molecular formula is C6H10ClN2O2S2-. The summed E-state index contributed by atoms with van der Waals surface area (Å²) in [4.78, 5) is 0.711. The van der Waals surface area contributed by atoms with Crippen LogP contribution in [0.15, 0.2) is 10.5 Å². The van der Waals surface area contributed by atoms with Gasteiger partial charge in [-0.3, -0.25) is 5.41 Å². The highest BCUT2D eigenvalue weighted by molar-refractivity contribution is 8.17. The number of halogens is 1. The van der Waals surface area contributed by atoms with E-state index in [0.717, 1.165) is 17.3 Å². The highest BCUT2D eigenvalue weighted by Crippen LogP contribution is 2.28. The molecule has 0 spiro atoms. The number of sulfone groups is 1. The highest BCUT2D eigenvalue weighted by atomic mass is 35.5. The number of nitrogens with two attached hydrogens (primary N) is 1. The summed E-state index contributed by atoms with van der Waals surface area (Å²) in [7, 11) is -2.94. The summed E-state index contributed by atoms with van der Waals surface area (Å²) in [6.07, 6.45) is 0. The lowest BCUT2D eigenvalue weighted by atomic mass is 10.3. The second kappa shape index (κ2) is 4.34. The smallest absolute Gasteiger partial charge is 0.158 e. The summed E-state index contributed by atoms with van der Waals surface area (Å²) in [6, 6.07) is 0. The van der Waals surface area contributed by atoms with E-state index in [0.29, 0.717) is 4.91 Å². The van der Waals surface area contributed by atoms with Gasteiger partial charge in [-0.15, -0.1) is 0 Å². The van der Waals surface area contributed by atoms with Crippen molar-refractivity contribution >= 4 is 26.8 Å². The molecular weight excluding hydrogens is 232 g/mol. The van der Waals surface area contributed by atoms with Gasteiger partial charge in [0.25, 0.3) is 0 Å². The first-order valence-corrected chi connectivity index (χ1v) is 5.95. The number of nitrogens with one attached hydrogen (secondary N) is 1. The van der Waals surface area contributed by atoms with Crippen LogP contribution < -0.4 is 18.1 Å². The summed E-state index contributed by atoms with van der Waals surface area (Å²) in [5.74, 6) is 0.158. The molecule has 0 aromatic heterocycles. The molecule has 7 heteroatoms. The van der Waals surface area contributed by atoms with Crippen LogP contribution in [0.25, 0.3) is 0 Å². The van der Waals surface area contributed by atoms with Crippen molar-refractivity contribution in [3.63, 3.8) is 0 Å². The molecule has 76 valence electrons. The van der Waals surface area contributed by atoms with E-state index in [2.05, 4.69) is 0 Å². The Morgan fingerprint density at radius 1 is 1.54 bits per heavy atom. The maximum Gasteiger partial charge on any atom is 0.158 e. The minimum atomic E-state index is -2.94. The maximum atomic E-state index is 11.1. The summed E-state index contributed by atoms with van der Waals surface area (Å²) in [5.41, 5.74) is 5.96. The van der Waals surface area contributed by atoms with Crippen LogP contribution in [0, 0.1) is 5.41 Å². The van der Waals surface area contributed by atoms with Gasteiger partial charge in [0.2, 0.25) is 0 Å². The minimum Gasteiger partial charge on any atom is -1.00 e. The van der Waals surface area contributed by atoms with Crippen molar-refractivity contribution in [1.82, 2.24) is 0 Å². The molecule has 0 radical (unpaired) electrons. The van der Waals surface area contributed by atoms with Crippen LogP contribution in [-0.4, -0.2) is 25.1 Å². The van der Waals surface area contributed by atoms with Gasteiger partial charge in [-0.1, -0.05) is 11.8 Å². The third-order valence-corrected chi connectivity index (χ3v) is 4.24. The van der Waals surface area contributed by atoms with E-state index in [1.807, 2.05) is 0 Å². The molecule has 1 heterocycles. The van der Waals surface area contributed by atoms with Gasteiger partial charge >= 0.3 is 0 Å². The van der Waals surface area contributed by atoms with Crippen LogP contribution in [0.2, 0.25) is 0 Å². The summed E-state index contributed by atoms with van der Waals surface area (Å²) in [6.45, 7) is 1.76. The molecule has 0 amide bonds. The number of hydrogen-bond donors (Lipinski definition) is 2. The van der Waals surface area contributed by atoms with Gasteiger partial charge in [0.1, 0.15) is 0 Å². The van der Waals surface area contributed by atoms with Crippen molar-refractivity contribution in [2.75, 3.05) is 11.5 Å². The molecule has 0 unspecified atom stereocenters. The fraction of sp³-hybridized carbons (Fsp3) is 0.500. The Labute approximate surface area is 87.8 Å². The van der Waals surface area contributed by atoms with Crippen LogP contribution in [-0.2, 0) is 9.84 Å². The lowest BCUT2D eigenvalue weighted by molar-refractivity contribution is -0.00000532. The van der Waals surface area contributed by atoms with Gasteiger partial charge in [0.05, 0.1) is 11.5 Å². The minimum absolute atomic E-state index is 0. The van der Waals surface area contributed by atoms with E-state index in [4.69, 9.17) is 11.1 Å². The number of rotatable bonds is 1. The van der Waals surface area contributed by atoms with Crippen molar-refractivity contribution in [3.8, 4) is 0 Å². The molecule has 0 fully saturated rings. The zero-order valence-corrected chi connectivity index (χ0v) is 9.39. The number of thioether (sulfide) groups is 1. The van der Waals surface area contributed by atoms with Crippen LogP contribution in [0.1, 0.15) is 6.92 Å². The third-order valence-electron chi connectivity index (χ3n) is 1.50. The monoisotopic (exact) mass is 241 g/mol. The fourth-order valence-corrected chi connectivity index (χ4v) is 3.99. The van der Waals surface area contributed by atoms with Gasteiger partial charge in [-0.2, -0.15) is 0 Å². The molecule has 0 aliphatic carbocycles. The van der Waals surface area contributed by atoms with Crippen LogP contribution in [0.5, 0.6) is 0 Å². The third kappa shape index (κ3) is 3.58. The zero-order chi connectivity index (χ0) is 9.35. The number of amidine groups is 1. The molecule has 0 saturated carbocycles. The van der Waals surface area contributed by atoms with E-state index in [-0.39, 0.29) is 29.1 Å². The van der Waals surface area contributed by atoms with Crippen molar-refractivity contribution in [2.45, 2.75) is 6.92 Å². The first kappa shape index (κ1) is 12.8. The van der Waals surface area contributed by atoms with Crippen LogP contribution in [0.3, 0.4) is 0 Å². The van der Waals surface area contributed by atoms with Crippen molar-refractivity contribution in [2.24, 2.45) is 5.73 Å². The van der Waals surface area contributed by atoms with E-state index >= 15 is 0 Å². The van der Waals surface area contributed by atoms with Gasteiger partial charge < -0.3 is 18.1 Å². The van der Waals surface area contributed by atoms with Gasteiger partial charge in [0.15, 0.2) is 15.0 Å². The maximum absolute atomic E-state index is 11.1. The zero-order valence-electron chi connectivity index (χ0n) is 7.00. The molecule has 0 bridgehead atoms. The fourth-order valence-electron chi connectivity index (χ4n) is 1.03. The molecule has 1 rings (SSSR count). The summed E-state index contributed by atoms with van der Waals surface area (Å²) >= 11 is 1.03. The van der Waals surface area contributed by atoms with E-state index in [1.54, 1.807) is 6.92 Å². The Hall–Kier alpha value is -0.200. The Balaban J connectivity index is 0.00000144. The molecule has 3 N–H and O–H groups in total. The Morgan fingerprint density at radius 2 is 2.08 bits per heavy atom. The largest absolute Gasteiger partial charge is 1.00 e. The molecule has 0 saturated heterocycles. The molecule has 0 atom stereocenters. The van der Waals surface area contributed by atoms with Crippen molar-refractivity contribution in [1.29, 1.82) is 5.41 Å².